The van der Waals surface area contributed by atoms with Crippen LogP contribution in [0.2, 0.25) is 0 Å². The monoisotopic (exact) mass is 211 g/mol. The van der Waals surface area contributed by atoms with Gasteiger partial charge in [-0.3, -0.25) is 0 Å². The van der Waals surface area contributed by atoms with E-state index in [-0.39, 0.29) is 5.75 Å². The molecule has 0 saturated heterocycles. The number of aromatic hydroxyl groups is 1. The summed E-state index contributed by atoms with van der Waals surface area (Å²) in [6, 6.07) is 6.89. The highest BCUT2D eigenvalue weighted by Gasteiger charge is 1.99. The van der Waals surface area contributed by atoms with Gasteiger partial charge in [0.15, 0.2) is 0 Å². The maximum Gasteiger partial charge on any atom is 0.115 e. The van der Waals surface area contributed by atoms with E-state index < -0.39 is 0 Å². The van der Waals surface area contributed by atoms with Crippen molar-refractivity contribution in [2.75, 3.05) is 0 Å². The Balaban J connectivity index is 3.05. The van der Waals surface area contributed by atoms with Crippen LogP contribution < -0.4 is 0 Å². The van der Waals surface area contributed by atoms with Crippen molar-refractivity contribution >= 4 is 15.9 Å². The van der Waals surface area contributed by atoms with Crippen molar-refractivity contribution in [3.05, 3.63) is 28.2 Å². The van der Waals surface area contributed by atoms with Crippen molar-refractivity contribution in [2.45, 2.75) is 6.42 Å². The van der Waals surface area contributed by atoms with Crippen LogP contribution in [0.15, 0.2) is 22.7 Å². The van der Waals surface area contributed by atoms with Crippen LogP contribution in [0.5, 0.6) is 5.75 Å². The first kappa shape index (κ1) is 8.09. The fraction of sp³-hybridized carbons (Fsp3) is 0.125. The van der Waals surface area contributed by atoms with Gasteiger partial charge in [-0.15, -0.1) is 0 Å². The van der Waals surface area contributed by atoms with Crippen LogP contribution in [-0.2, 0) is 6.42 Å². The van der Waals surface area contributed by atoms with Crippen molar-refractivity contribution < 1.29 is 5.11 Å². The molecule has 0 heterocycles. The molecule has 0 aliphatic carbocycles. The number of benzene rings is 1. The quantitative estimate of drug-likeness (QED) is 0.775. The zero-order valence-electron chi connectivity index (χ0n) is 5.71. The van der Waals surface area contributed by atoms with Gasteiger partial charge in [-0.25, -0.2) is 0 Å². The van der Waals surface area contributed by atoms with Crippen LogP contribution in [-0.4, -0.2) is 5.11 Å². The lowest BCUT2D eigenvalue weighted by molar-refractivity contribution is 0.474. The lowest BCUT2D eigenvalue weighted by Gasteiger charge is -1.98. The maximum atomic E-state index is 9.03. The molecule has 0 fully saturated rings. The number of hydrogen-bond donors (Lipinski definition) is 1. The van der Waals surface area contributed by atoms with Crippen LogP contribution in [0.1, 0.15) is 5.56 Å². The van der Waals surface area contributed by atoms with Crippen LogP contribution in [0.25, 0.3) is 0 Å². The molecular weight excluding hydrogens is 206 g/mol. The van der Waals surface area contributed by atoms with Crippen molar-refractivity contribution in [1.29, 1.82) is 5.26 Å². The molecule has 2 nitrogen and oxygen atoms in total. The lowest BCUT2D eigenvalue weighted by atomic mass is 10.2. The summed E-state index contributed by atoms with van der Waals surface area (Å²) in [5.74, 6) is 0.193. The first-order chi connectivity index (χ1) is 5.24. The summed E-state index contributed by atoms with van der Waals surface area (Å²) in [6.45, 7) is 0. The smallest absolute Gasteiger partial charge is 0.115 e. The molecule has 0 bridgehead atoms. The van der Waals surface area contributed by atoms with E-state index in [4.69, 9.17) is 10.4 Å². The van der Waals surface area contributed by atoms with Crippen molar-refractivity contribution in [3.63, 3.8) is 0 Å². The zero-order chi connectivity index (χ0) is 8.27. The second-order valence-corrected chi connectivity index (χ2v) is 2.96. The Morgan fingerprint density at radius 1 is 1.55 bits per heavy atom. The third kappa shape index (κ3) is 1.95. The Morgan fingerprint density at radius 2 is 2.27 bits per heavy atom. The minimum atomic E-state index is 0.193. The van der Waals surface area contributed by atoms with E-state index in [0.717, 1.165) is 10.0 Å². The van der Waals surface area contributed by atoms with Gasteiger partial charge >= 0.3 is 0 Å². The number of phenolic OH excluding ortho intramolecular Hbond substituents is 1. The Labute approximate surface area is 73.2 Å². The fourth-order valence-corrected chi connectivity index (χ4v) is 1.17. The van der Waals surface area contributed by atoms with Crippen molar-refractivity contribution in [3.8, 4) is 11.8 Å². The summed E-state index contributed by atoms with van der Waals surface area (Å²) >= 11 is 3.27. The number of nitriles is 1. The Kier molecular flexibility index (Phi) is 2.50. The average Bonchev–Trinajstić information content (AvgIpc) is 1.98. The van der Waals surface area contributed by atoms with Crippen LogP contribution >= 0.6 is 15.9 Å². The number of halogens is 1. The SMILES string of the molecule is N#CCc1cc(O)ccc1Br. The Bertz CT molecular complexity index is 303. The van der Waals surface area contributed by atoms with Gasteiger partial charge in [0.1, 0.15) is 5.75 Å². The summed E-state index contributed by atoms with van der Waals surface area (Å²) in [5, 5.41) is 17.4. The zero-order valence-corrected chi connectivity index (χ0v) is 7.30. The molecular formula is C8H6BrNO. The highest BCUT2D eigenvalue weighted by molar-refractivity contribution is 9.10. The predicted octanol–water partition coefficient (Wildman–Crippen LogP) is 2.22. The summed E-state index contributed by atoms with van der Waals surface area (Å²) in [6.07, 6.45) is 0.314. The molecule has 11 heavy (non-hydrogen) atoms. The van der Waals surface area contributed by atoms with Gasteiger partial charge < -0.3 is 5.11 Å². The van der Waals surface area contributed by atoms with E-state index >= 15 is 0 Å². The van der Waals surface area contributed by atoms with Crippen LogP contribution in [0.3, 0.4) is 0 Å². The molecule has 0 atom stereocenters. The van der Waals surface area contributed by atoms with Crippen molar-refractivity contribution in [2.24, 2.45) is 0 Å². The van der Waals surface area contributed by atoms with Crippen LogP contribution in [0.4, 0.5) is 0 Å². The fourth-order valence-electron chi connectivity index (χ4n) is 0.782. The van der Waals surface area contributed by atoms with Gasteiger partial charge in [-0.1, -0.05) is 15.9 Å². The third-order valence-corrected chi connectivity index (χ3v) is 2.07. The minimum Gasteiger partial charge on any atom is -0.508 e. The normalized spacial score (nSPS) is 9.09. The first-order valence-electron chi connectivity index (χ1n) is 3.08. The first-order valence-corrected chi connectivity index (χ1v) is 3.87. The number of nitrogens with zero attached hydrogens (tertiary/aromatic N) is 1. The van der Waals surface area contributed by atoms with E-state index in [1.165, 1.54) is 0 Å². The average molecular weight is 212 g/mol. The van der Waals surface area contributed by atoms with Crippen LogP contribution in [0, 0.1) is 11.3 Å². The second-order valence-electron chi connectivity index (χ2n) is 2.11. The number of hydrogen-bond acceptors (Lipinski definition) is 2. The molecule has 1 aromatic carbocycles. The maximum absolute atomic E-state index is 9.03. The Hall–Kier alpha value is -1.01. The van der Waals surface area contributed by atoms with E-state index in [2.05, 4.69) is 15.9 Å². The summed E-state index contributed by atoms with van der Waals surface area (Å²) < 4.78 is 0.858. The van der Waals surface area contributed by atoms with Crippen molar-refractivity contribution in [1.82, 2.24) is 0 Å². The van der Waals surface area contributed by atoms with E-state index in [1.54, 1.807) is 18.2 Å². The lowest BCUT2D eigenvalue weighted by Crippen LogP contribution is -1.82. The number of rotatable bonds is 1. The van der Waals surface area contributed by atoms with Gasteiger partial charge in [-0.05, 0) is 23.8 Å². The summed E-state index contributed by atoms with van der Waals surface area (Å²) in [5.41, 5.74) is 0.813. The topological polar surface area (TPSA) is 44.0 Å². The standard InChI is InChI=1S/C8H6BrNO/c9-8-2-1-7(11)5-6(8)3-4-10/h1-2,5,11H,3H2. The molecule has 1 aromatic rings. The molecule has 3 heteroatoms. The minimum absolute atomic E-state index is 0.193. The van der Waals surface area contributed by atoms with Gasteiger partial charge in [0.25, 0.3) is 0 Å². The van der Waals surface area contributed by atoms with Gasteiger partial charge in [0.2, 0.25) is 0 Å². The summed E-state index contributed by atoms with van der Waals surface area (Å²) in [7, 11) is 0. The molecule has 0 unspecified atom stereocenters. The summed E-state index contributed by atoms with van der Waals surface area (Å²) in [4.78, 5) is 0. The molecule has 1 N–H and O–H groups in total. The molecule has 0 aliphatic rings. The predicted molar refractivity (Wildman–Crippen MR) is 45.1 cm³/mol. The Morgan fingerprint density at radius 3 is 2.91 bits per heavy atom. The molecule has 56 valence electrons. The molecule has 0 spiro atoms. The highest BCUT2D eigenvalue weighted by atomic mass is 79.9. The molecule has 0 amide bonds. The van der Waals surface area contributed by atoms with E-state index in [1.807, 2.05) is 6.07 Å². The van der Waals surface area contributed by atoms with E-state index in [9.17, 15) is 0 Å². The second kappa shape index (κ2) is 3.40. The largest absolute Gasteiger partial charge is 0.508 e. The molecule has 0 saturated carbocycles. The van der Waals surface area contributed by atoms with E-state index in [0.29, 0.717) is 6.42 Å². The molecule has 0 aliphatic heterocycles. The molecule has 0 radical (unpaired) electrons. The molecule has 1 rings (SSSR count). The highest BCUT2D eigenvalue weighted by Crippen LogP contribution is 2.21. The van der Waals surface area contributed by atoms with Gasteiger partial charge in [0.05, 0.1) is 12.5 Å². The number of phenols is 1. The van der Waals surface area contributed by atoms with Gasteiger partial charge in [-0.2, -0.15) is 5.26 Å². The van der Waals surface area contributed by atoms with Gasteiger partial charge in [0, 0.05) is 4.47 Å². The third-order valence-electron chi connectivity index (χ3n) is 1.30. The molecule has 0 aromatic heterocycles.